The summed E-state index contributed by atoms with van der Waals surface area (Å²) in [5.41, 5.74) is -3.27. The van der Waals surface area contributed by atoms with E-state index in [1.807, 2.05) is 0 Å². The average molecular weight is 465 g/mol. The highest BCUT2D eigenvalue weighted by atomic mass is 32.2. The number of sulfonamides is 1. The summed E-state index contributed by atoms with van der Waals surface area (Å²) in [6.07, 6.45) is -5.16. The van der Waals surface area contributed by atoms with Gasteiger partial charge in [0.25, 0.3) is 11.8 Å². The molecule has 1 aliphatic rings. The fourth-order valence-corrected chi connectivity index (χ4v) is 4.98. The lowest BCUT2D eigenvalue weighted by atomic mass is 10.0. The molecule has 31 heavy (non-hydrogen) atoms. The number of nitrogens with zero attached hydrogens (tertiary/aromatic N) is 3. The molecule has 0 aliphatic carbocycles. The summed E-state index contributed by atoms with van der Waals surface area (Å²) < 4.78 is 66.5. The molecule has 0 radical (unpaired) electrons. The first-order chi connectivity index (χ1) is 14.0. The molecule has 0 saturated carbocycles. The first-order valence-corrected chi connectivity index (χ1v) is 10.9. The molecule has 0 spiro atoms. The lowest BCUT2D eigenvalue weighted by molar-refractivity contribution is -0.251. The van der Waals surface area contributed by atoms with Crippen molar-refractivity contribution in [1.29, 1.82) is 0 Å². The largest absolute Gasteiger partial charge is 0.426 e. The van der Waals surface area contributed by atoms with Crippen LogP contribution in [0.4, 0.5) is 13.2 Å². The van der Waals surface area contributed by atoms with Crippen LogP contribution in [0.1, 0.15) is 31.1 Å². The van der Waals surface area contributed by atoms with Crippen LogP contribution in [0.3, 0.4) is 0 Å². The number of carbonyl (C=O) groups excluding carboxylic acids is 2. The predicted molar refractivity (Wildman–Crippen MR) is 106 cm³/mol. The zero-order valence-corrected chi connectivity index (χ0v) is 18.7. The fourth-order valence-electron chi connectivity index (χ4n) is 3.28. The van der Waals surface area contributed by atoms with Crippen LogP contribution in [0.15, 0.2) is 29.2 Å². The molecule has 0 aromatic heterocycles. The summed E-state index contributed by atoms with van der Waals surface area (Å²) in [6, 6.07) is 3.59. The van der Waals surface area contributed by atoms with E-state index in [0.717, 1.165) is 9.21 Å². The molecule has 3 atom stereocenters. The molecule has 1 saturated heterocycles. The van der Waals surface area contributed by atoms with Crippen LogP contribution in [-0.4, -0.2) is 90.5 Å². The van der Waals surface area contributed by atoms with Crippen LogP contribution in [0.2, 0.25) is 0 Å². The summed E-state index contributed by atoms with van der Waals surface area (Å²) >= 11 is 0. The standard InChI is InChI=1S/C19H26F3N3O5S/c1-12-11-25(13(2)10-24(12)17(27)18(3,28)19(20,21)22)31(29,30)15-8-6-14(7-9-15)16(26)23(4)5/h6-9,12-13,28H,10-11H2,1-5H3. The first-order valence-electron chi connectivity index (χ1n) is 9.45. The number of carbonyl (C=O) groups is 2. The van der Waals surface area contributed by atoms with Crippen molar-refractivity contribution >= 4 is 21.8 Å². The number of alkyl halides is 3. The van der Waals surface area contributed by atoms with Gasteiger partial charge >= 0.3 is 6.18 Å². The van der Waals surface area contributed by atoms with Gasteiger partial charge in [-0.2, -0.15) is 17.5 Å². The molecule has 8 nitrogen and oxygen atoms in total. The highest BCUT2D eigenvalue weighted by molar-refractivity contribution is 7.89. The Kier molecular flexibility index (Phi) is 6.79. The third kappa shape index (κ3) is 4.70. The van der Waals surface area contributed by atoms with Gasteiger partial charge in [0.05, 0.1) is 4.90 Å². The zero-order chi connectivity index (χ0) is 23.9. The molecule has 1 fully saturated rings. The van der Waals surface area contributed by atoms with Gasteiger partial charge in [0.2, 0.25) is 15.6 Å². The van der Waals surface area contributed by atoms with Gasteiger partial charge in [-0.25, -0.2) is 8.42 Å². The SMILES string of the molecule is CC1CN(S(=O)(=O)c2ccc(C(=O)N(C)C)cc2)C(C)CN1C(=O)C(C)(O)C(F)(F)F. The fraction of sp³-hybridized carbons (Fsp3) is 0.579. The zero-order valence-electron chi connectivity index (χ0n) is 17.8. The van der Waals surface area contributed by atoms with E-state index in [9.17, 15) is 36.3 Å². The van der Waals surface area contributed by atoms with Crippen molar-refractivity contribution in [2.75, 3.05) is 27.2 Å². The number of hydrogen-bond acceptors (Lipinski definition) is 5. The molecule has 1 aliphatic heterocycles. The lowest BCUT2D eigenvalue weighted by Crippen LogP contribution is -2.65. The third-order valence-corrected chi connectivity index (χ3v) is 7.27. The van der Waals surface area contributed by atoms with E-state index in [4.69, 9.17) is 0 Å². The van der Waals surface area contributed by atoms with Crippen molar-refractivity contribution in [2.45, 2.75) is 49.5 Å². The van der Waals surface area contributed by atoms with Crippen molar-refractivity contribution in [3.63, 3.8) is 0 Å². The number of amides is 2. The quantitative estimate of drug-likeness (QED) is 0.723. The minimum atomic E-state index is -5.16. The number of halogens is 3. The molecule has 12 heteroatoms. The maximum Gasteiger partial charge on any atom is 0.426 e. The minimum absolute atomic E-state index is 0.0797. The van der Waals surface area contributed by atoms with Crippen molar-refractivity contribution in [3.8, 4) is 0 Å². The van der Waals surface area contributed by atoms with Crippen LogP contribution in [0, 0.1) is 0 Å². The highest BCUT2D eigenvalue weighted by Gasteiger charge is 2.58. The van der Waals surface area contributed by atoms with Gasteiger partial charge in [-0.05, 0) is 45.0 Å². The Morgan fingerprint density at radius 3 is 2.03 bits per heavy atom. The minimum Gasteiger partial charge on any atom is -0.373 e. The van der Waals surface area contributed by atoms with E-state index in [0.29, 0.717) is 12.5 Å². The summed E-state index contributed by atoms with van der Waals surface area (Å²) in [6.45, 7) is 2.70. The van der Waals surface area contributed by atoms with Crippen LogP contribution in [-0.2, 0) is 14.8 Å². The number of piperazine rings is 1. The predicted octanol–water partition coefficient (Wildman–Crippen LogP) is 1.31. The van der Waals surface area contributed by atoms with Crippen LogP contribution in [0.5, 0.6) is 0 Å². The molecule has 3 unspecified atom stereocenters. The lowest BCUT2D eigenvalue weighted by Gasteiger charge is -2.45. The monoisotopic (exact) mass is 465 g/mol. The molecule has 1 aromatic rings. The van der Waals surface area contributed by atoms with Crippen molar-refractivity contribution in [1.82, 2.24) is 14.1 Å². The number of benzene rings is 1. The number of rotatable bonds is 4. The van der Waals surface area contributed by atoms with Crippen LogP contribution in [0.25, 0.3) is 0 Å². The Morgan fingerprint density at radius 2 is 1.58 bits per heavy atom. The van der Waals surface area contributed by atoms with Gasteiger partial charge < -0.3 is 14.9 Å². The highest BCUT2D eigenvalue weighted by Crippen LogP contribution is 2.34. The maximum absolute atomic E-state index is 13.1. The van der Waals surface area contributed by atoms with Crippen molar-refractivity contribution in [2.24, 2.45) is 0 Å². The van der Waals surface area contributed by atoms with Gasteiger partial charge in [0.15, 0.2) is 0 Å². The summed E-state index contributed by atoms with van der Waals surface area (Å²) in [5, 5.41) is 9.71. The normalized spacial score (nSPS) is 22.7. The molecule has 1 N–H and O–H groups in total. The molecule has 2 amide bonds. The average Bonchev–Trinajstić information content (AvgIpc) is 2.67. The molecule has 0 bridgehead atoms. The Labute approximate surface area is 179 Å². The van der Waals surface area contributed by atoms with E-state index in [1.165, 1.54) is 43.0 Å². The molecular weight excluding hydrogens is 439 g/mol. The van der Waals surface area contributed by atoms with Gasteiger partial charge in [-0.15, -0.1) is 0 Å². The van der Waals surface area contributed by atoms with Gasteiger partial charge in [-0.1, -0.05) is 0 Å². The van der Waals surface area contributed by atoms with Crippen molar-refractivity contribution in [3.05, 3.63) is 29.8 Å². The topological polar surface area (TPSA) is 98.2 Å². The van der Waals surface area contributed by atoms with Gasteiger partial charge in [-0.3, -0.25) is 9.59 Å². The van der Waals surface area contributed by atoms with Crippen LogP contribution < -0.4 is 0 Å². The van der Waals surface area contributed by atoms with E-state index in [-0.39, 0.29) is 23.9 Å². The number of aliphatic hydroxyl groups is 1. The number of hydrogen-bond donors (Lipinski definition) is 1. The Hall–Kier alpha value is -2.18. The molecule has 1 heterocycles. The summed E-state index contributed by atoms with van der Waals surface area (Å²) in [5.74, 6) is -1.82. The van der Waals surface area contributed by atoms with E-state index in [1.54, 1.807) is 14.1 Å². The molecule has 1 aromatic carbocycles. The summed E-state index contributed by atoms with van der Waals surface area (Å²) in [7, 11) is -0.909. The first kappa shape index (κ1) is 25.1. The second-order valence-electron chi connectivity index (χ2n) is 8.02. The van der Waals surface area contributed by atoms with Crippen LogP contribution >= 0.6 is 0 Å². The van der Waals surface area contributed by atoms with Gasteiger partial charge in [0, 0.05) is 44.8 Å². The maximum atomic E-state index is 13.1. The second kappa shape index (κ2) is 8.40. The molecule has 2 rings (SSSR count). The van der Waals surface area contributed by atoms with E-state index in [2.05, 4.69) is 0 Å². The third-order valence-electron chi connectivity index (χ3n) is 5.27. The Balaban J connectivity index is 2.26. The van der Waals surface area contributed by atoms with E-state index >= 15 is 0 Å². The second-order valence-corrected chi connectivity index (χ2v) is 9.91. The van der Waals surface area contributed by atoms with Crippen molar-refractivity contribution < 1.29 is 36.3 Å². The molecular formula is C19H26F3N3O5S. The van der Waals surface area contributed by atoms with E-state index < -0.39 is 39.8 Å². The Bertz CT molecular complexity index is 946. The molecule has 174 valence electrons. The van der Waals surface area contributed by atoms with Gasteiger partial charge in [0.1, 0.15) is 0 Å². The Morgan fingerprint density at radius 1 is 1.06 bits per heavy atom. The smallest absolute Gasteiger partial charge is 0.373 e. The summed E-state index contributed by atoms with van der Waals surface area (Å²) in [4.78, 5) is 26.5.